The average molecular weight is 231 g/mol. The van der Waals surface area contributed by atoms with Crippen LogP contribution < -0.4 is 4.90 Å². The minimum Gasteiger partial charge on any atom is -0.372 e. The summed E-state index contributed by atoms with van der Waals surface area (Å²) in [6.07, 6.45) is 6.68. The van der Waals surface area contributed by atoms with Crippen molar-refractivity contribution in [1.82, 2.24) is 0 Å². The maximum atomic E-state index is 2.53. The second-order valence-corrected chi connectivity index (χ2v) is 5.33. The molecule has 1 aromatic rings. The Hall–Kier alpha value is -0.980. The van der Waals surface area contributed by atoms with Crippen molar-refractivity contribution in [3.8, 4) is 0 Å². The van der Waals surface area contributed by atoms with Gasteiger partial charge in [0.15, 0.2) is 0 Å². The molecule has 1 fully saturated rings. The van der Waals surface area contributed by atoms with Crippen LogP contribution in [0.4, 0.5) is 5.69 Å². The Morgan fingerprint density at radius 2 is 1.71 bits per heavy atom. The molecule has 1 atom stereocenters. The number of hydrogen-bond donors (Lipinski definition) is 0. The molecule has 0 aliphatic carbocycles. The van der Waals surface area contributed by atoms with Crippen LogP contribution >= 0.6 is 0 Å². The van der Waals surface area contributed by atoms with E-state index >= 15 is 0 Å². The van der Waals surface area contributed by atoms with Crippen molar-refractivity contribution in [3.63, 3.8) is 0 Å². The number of hydrogen-bond acceptors (Lipinski definition) is 1. The molecule has 1 heterocycles. The van der Waals surface area contributed by atoms with Crippen LogP contribution in [-0.2, 0) is 0 Å². The van der Waals surface area contributed by atoms with Gasteiger partial charge in [0.05, 0.1) is 0 Å². The topological polar surface area (TPSA) is 3.24 Å². The van der Waals surface area contributed by atoms with E-state index in [4.69, 9.17) is 0 Å². The van der Waals surface area contributed by atoms with E-state index in [0.717, 1.165) is 0 Å². The lowest BCUT2D eigenvalue weighted by molar-refractivity contribution is 0.577. The first-order chi connectivity index (χ1) is 8.31. The van der Waals surface area contributed by atoms with Crippen LogP contribution in [0.15, 0.2) is 24.3 Å². The zero-order valence-electron chi connectivity index (χ0n) is 11.3. The van der Waals surface area contributed by atoms with Gasteiger partial charge in [-0.25, -0.2) is 0 Å². The maximum absolute atomic E-state index is 2.53. The smallest absolute Gasteiger partial charge is 0.0366 e. The predicted octanol–water partition coefficient (Wildman–Crippen LogP) is 4.58. The van der Waals surface area contributed by atoms with Gasteiger partial charge >= 0.3 is 0 Å². The zero-order chi connectivity index (χ0) is 12.1. The molecule has 0 aromatic heterocycles. The molecule has 1 aliphatic rings. The van der Waals surface area contributed by atoms with Crippen LogP contribution in [0.2, 0.25) is 0 Å². The van der Waals surface area contributed by atoms with Gasteiger partial charge in [0.2, 0.25) is 0 Å². The van der Waals surface area contributed by atoms with Gasteiger partial charge in [-0.1, -0.05) is 32.4 Å². The van der Waals surface area contributed by atoms with E-state index < -0.39 is 0 Å². The van der Waals surface area contributed by atoms with Gasteiger partial charge in [0.25, 0.3) is 0 Å². The molecule has 0 N–H and O–H groups in total. The van der Waals surface area contributed by atoms with E-state index in [1.54, 1.807) is 0 Å². The van der Waals surface area contributed by atoms with Crippen LogP contribution in [0.25, 0.3) is 0 Å². The van der Waals surface area contributed by atoms with Crippen molar-refractivity contribution in [2.24, 2.45) is 0 Å². The molecule has 1 heteroatoms. The molecule has 0 spiro atoms. The third kappa shape index (κ3) is 3.24. The summed E-state index contributed by atoms with van der Waals surface area (Å²) < 4.78 is 0. The molecule has 0 bridgehead atoms. The minimum atomic E-state index is 0.704. The van der Waals surface area contributed by atoms with Gasteiger partial charge in [-0.3, -0.25) is 0 Å². The van der Waals surface area contributed by atoms with Gasteiger partial charge in [0, 0.05) is 18.8 Å². The fourth-order valence-electron chi connectivity index (χ4n) is 2.77. The summed E-state index contributed by atoms with van der Waals surface area (Å²) in [5.74, 6) is 0.704. The standard InChI is InChI=1S/C16H25N/c1-3-7-14(2)15-8-10-16(11-9-15)17-12-5-4-6-13-17/h8-11,14H,3-7,12-13H2,1-2H3. The molecule has 94 valence electrons. The molecule has 1 unspecified atom stereocenters. The highest BCUT2D eigenvalue weighted by Gasteiger charge is 2.11. The number of rotatable bonds is 4. The lowest BCUT2D eigenvalue weighted by atomic mass is 9.96. The molecule has 0 radical (unpaired) electrons. The maximum Gasteiger partial charge on any atom is 0.0366 e. The lowest BCUT2D eigenvalue weighted by Gasteiger charge is -2.29. The van der Waals surface area contributed by atoms with E-state index in [-0.39, 0.29) is 0 Å². The van der Waals surface area contributed by atoms with E-state index in [1.165, 1.54) is 56.4 Å². The Balaban J connectivity index is 2.01. The van der Waals surface area contributed by atoms with Crippen LogP contribution in [0.3, 0.4) is 0 Å². The van der Waals surface area contributed by atoms with Gasteiger partial charge < -0.3 is 4.90 Å². The first-order valence-electron chi connectivity index (χ1n) is 7.16. The average Bonchev–Trinajstić information content (AvgIpc) is 2.40. The highest BCUT2D eigenvalue weighted by atomic mass is 15.1. The van der Waals surface area contributed by atoms with Gasteiger partial charge in [-0.15, -0.1) is 0 Å². The summed E-state index contributed by atoms with van der Waals surface area (Å²) in [5, 5.41) is 0. The Morgan fingerprint density at radius 1 is 1.06 bits per heavy atom. The van der Waals surface area contributed by atoms with E-state index in [1.807, 2.05) is 0 Å². The van der Waals surface area contributed by atoms with Crippen LogP contribution in [0.5, 0.6) is 0 Å². The molecule has 2 rings (SSSR count). The molecule has 1 aliphatic heterocycles. The van der Waals surface area contributed by atoms with Crippen LogP contribution in [-0.4, -0.2) is 13.1 Å². The third-order valence-electron chi connectivity index (χ3n) is 3.91. The predicted molar refractivity (Wildman–Crippen MR) is 75.8 cm³/mol. The van der Waals surface area contributed by atoms with Crippen molar-refractivity contribution in [1.29, 1.82) is 0 Å². The molecule has 1 aromatic carbocycles. The Bertz CT molecular complexity index is 322. The second-order valence-electron chi connectivity index (χ2n) is 5.33. The Kier molecular flexibility index (Phi) is 4.47. The molecule has 17 heavy (non-hydrogen) atoms. The quantitative estimate of drug-likeness (QED) is 0.733. The second kappa shape index (κ2) is 6.09. The van der Waals surface area contributed by atoms with E-state index in [0.29, 0.717) is 5.92 Å². The first kappa shape index (κ1) is 12.5. The number of piperidine rings is 1. The van der Waals surface area contributed by atoms with Crippen LogP contribution in [0, 0.1) is 0 Å². The molecule has 1 saturated heterocycles. The monoisotopic (exact) mass is 231 g/mol. The molecule has 0 amide bonds. The van der Waals surface area contributed by atoms with E-state index in [2.05, 4.69) is 43.0 Å². The number of benzene rings is 1. The number of anilines is 1. The van der Waals surface area contributed by atoms with Crippen molar-refractivity contribution >= 4 is 5.69 Å². The van der Waals surface area contributed by atoms with E-state index in [9.17, 15) is 0 Å². The first-order valence-corrected chi connectivity index (χ1v) is 7.16. The van der Waals surface area contributed by atoms with Crippen molar-refractivity contribution < 1.29 is 0 Å². The minimum absolute atomic E-state index is 0.704. The van der Waals surface area contributed by atoms with Gasteiger partial charge in [0.1, 0.15) is 0 Å². The third-order valence-corrected chi connectivity index (χ3v) is 3.91. The summed E-state index contributed by atoms with van der Waals surface area (Å²) in [5.41, 5.74) is 2.91. The highest BCUT2D eigenvalue weighted by molar-refractivity contribution is 5.48. The fraction of sp³-hybridized carbons (Fsp3) is 0.625. The normalized spacial score (nSPS) is 18.1. The molecule has 1 nitrogen and oxygen atoms in total. The highest BCUT2D eigenvalue weighted by Crippen LogP contribution is 2.25. The number of nitrogens with zero attached hydrogens (tertiary/aromatic N) is 1. The SMILES string of the molecule is CCCC(C)c1ccc(N2CCCCC2)cc1. The lowest BCUT2D eigenvalue weighted by Crippen LogP contribution is -2.29. The summed E-state index contributed by atoms with van der Waals surface area (Å²) in [6, 6.07) is 9.27. The van der Waals surface area contributed by atoms with Crippen molar-refractivity contribution in [2.75, 3.05) is 18.0 Å². The molecular weight excluding hydrogens is 206 g/mol. The van der Waals surface area contributed by atoms with Crippen molar-refractivity contribution in [3.05, 3.63) is 29.8 Å². The summed E-state index contributed by atoms with van der Waals surface area (Å²) in [7, 11) is 0. The molecule has 0 saturated carbocycles. The Morgan fingerprint density at radius 3 is 2.29 bits per heavy atom. The Labute approximate surface area is 106 Å². The largest absolute Gasteiger partial charge is 0.372 e. The van der Waals surface area contributed by atoms with Crippen LogP contribution in [0.1, 0.15) is 57.4 Å². The molecular formula is C16H25N. The zero-order valence-corrected chi connectivity index (χ0v) is 11.3. The summed E-state index contributed by atoms with van der Waals surface area (Å²) in [6.45, 7) is 7.08. The summed E-state index contributed by atoms with van der Waals surface area (Å²) in [4.78, 5) is 2.53. The van der Waals surface area contributed by atoms with Gasteiger partial charge in [-0.2, -0.15) is 0 Å². The fourth-order valence-corrected chi connectivity index (χ4v) is 2.77. The summed E-state index contributed by atoms with van der Waals surface area (Å²) >= 11 is 0. The van der Waals surface area contributed by atoms with Crippen molar-refractivity contribution in [2.45, 2.75) is 51.9 Å². The van der Waals surface area contributed by atoms with Gasteiger partial charge in [-0.05, 0) is 49.3 Å².